The van der Waals surface area contributed by atoms with Gasteiger partial charge in [-0.1, -0.05) is 32.4 Å². The van der Waals surface area contributed by atoms with Crippen LogP contribution < -0.4 is 10.2 Å². The van der Waals surface area contributed by atoms with E-state index in [9.17, 15) is 4.79 Å². The zero-order chi connectivity index (χ0) is 15.3. The minimum absolute atomic E-state index is 0.0680. The highest BCUT2D eigenvalue weighted by Gasteiger charge is 2.14. The van der Waals surface area contributed by atoms with E-state index < -0.39 is 0 Å². The number of carbonyl (C=O) groups excluding carboxylic acids is 1. The maximum absolute atomic E-state index is 11.6. The zero-order valence-corrected chi connectivity index (χ0v) is 13.3. The molecule has 0 atom stereocenters. The van der Waals surface area contributed by atoms with Crippen LogP contribution in [0.5, 0.6) is 5.75 Å². The minimum Gasteiger partial charge on any atom is -0.484 e. The second kappa shape index (κ2) is 6.75. The summed E-state index contributed by atoms with van der Waals surface area (Å²) < 4.78 is 5.38. The van der Waals surface area contributed by atoms with Gasteiger partial charge in [-0.2, -0.15) is 5.10 Å². The van der Waals surface area contributed by atoms with E-state index in [4.69, 9.17) is 16.3 Å². The molecule has 1 amide bonds. The van der Waals surface area contributed by atoms with Crippen molar-refractivity contribution in [2.45, 2.75) is 34.6 Å². The molecular weight excluding hydrogens is 276 g/mol. The number of nitrogens with one attached hydrogen (secondary N) is 1. The maximum Gasteiger partial charge on any atom is 0.277 e. The molecule has 1 rings (SSSR count). The molecule has 4 nitrogen and oxygen atoms in total. The van der Waals surface area contributed by atoms with Crippen LogP contribution in [-0.4, -0.2) is 18.2 Å². The van der Waals surface area contributed by atoms with Crippen LogP contribution in [-0.2, 0) is 4.79 Å². The molecule has 5 heteroatoms. The van der Waals surface area contributed by atoms with Crippen LogP contribution in [0.3, 0.4) is 0 Å². The van der Waals surface area contributed by atoms with Crippen LogP contribution in [0, 0.1) is 12.3 Å². The number of nitrogens with zero attached hydrogens (tertiary/aromatic N) is 1. The number of rotatable bonds is 4. The van der Waals surface area contributed by atoms with E-state index >= 15 is 0 Å². The number of hydrogen-bond acceptors (Lipinski definition) is 3. The van der Waals surface area contributed by atoms with Gasteiger partial charge in [0.05, 0.1) is 0 Å². The van der Waals surface area contributed by atoms with Gasteiger partial charge in [0.15, 0.2) is 6.61 Å². The van der Waals surface area contributed by atoms with Crippen LogP contribution >= 0.6 is 11.6 Å². The minimum atomic E-state index is -0.291. The number of amides is 1. The summed E-state index contributed by atoms with van der Waals surface area (Å²) >= 11 is 5.92. The molecule has 0 fully saturated rings. The number of benzene rings is 1. The van der Waals surface area contributed by atoms with E-state index in [2.05, 4.69) is 10.5 Å². The molecule has 0 unspecified atom stereocenters. The number of ether oxygens (including phenoxy) is 1. The Balaban J connectivity index is 2.50. The van der Waals surface area contributed by atoms with Crippen molar-refractivity contribution in [3.8, 4) is 5.75 Å². The second-order valence-electron chi connectivity index (χ2n) is 5.68. The Morgan fingerprint density at radius 3 is 2.60 bits per heavy atom. The van der Waals surface area contributed by atoms with Crippen molar-refractivity contribution in [2.24, 2.45) is 10.5 Å². The van der Waals surface area contributed by atoms with E-state index in [1.165, 1.54) is 0 Å². The predicted molar refractivity (Wildman–Crippen MR) is 82.4 cm³/mol. The number of aryl methyl sites for hydroxylation is 1. The molecule has 0 aliphatic carbocycles. The fourth-order valence-electron chi connectivity index (χ4n) is 1.20. The lowest BCUT2D eigenvalue weighted by molar-refractivity contribution is -0.123. The monoisotopic (exact) mass is 296 g/mol. The van der Waals surface area contributed by atoms with E-state index in [0.717, 1.165) is 11.3 Å². The fourth-order valence-corrected chi connectivity index (χ4v) is 1.32. The smallest absolute Gasteiger partial charge is 0.277 e. The van der Waals surface area contributed by atoms with Gasteiger partial charge in [0, 0.05) is 16.1 Å². The molecule has 0 aliphatic heterocycles. The average molecular weight is 297 g/mol. The Morgan fingerprint density at radius 2 is 2.05 bits per heavy atom. The Bertz CT molecular complexity index is 519. The van der Waals surface area contributed by atoms with E-state index in [1.54, 1.807) is 18.2 Å². The van der Waals surface area contributed by atoms with Gasteiger partial charge in [0.1, 0.15) is 5.75 Å². The summed E-state index contributed by atoms with van der Waals surface area (Å²) in [6, 6.07) is 5.26. The molecule has 0 aromatic heterocycles. The molecule has 20 heavy (non-hydrogen) atoms. The standard InChI is InChI=1S/C15H21ClN2O2/c1-10-8-12(6-7-13(10)16)20-9-14(19)18-17-11(2)15(3,4)5/h6-8H,9H2,1-5H3,(H,18,19)/b17-11+. The van der Waals surface area contributed by atoms with Crippen molar-refractivity contribution in [2.75, 3.05) is 6.61 Å². The first kappa shape index (κ1) is 16.5. The molecule has 1 aromatic rings. The van der Waals surface area contributed by atoms with Crippen molar-refractivity contribution in [3.05, 3.63) is 28.8 Å². The van der Waals surface area contributed by atoms with Crippen LogP contribution in [0.4, 0.5) is 0 Å². The first-order chi connectivity index (χ1) is 9.20. The first-order valence-corrected chi connectivity index (χ1v) is 6.80. The molecule has 0 spiro atoms. The van der Waals surface area contributed by atoms with Crippen molar-refractivity contribution in [1.82, 2.24) is 5.43 Å². The highest BCUT2D eigenvalue weighted by Crippen LogP contribution is 2.20. The molecule has 0 heterocycles. The molecule has 0 saturated carbocycles. The van der Waals surface area contributed by atoms with Gasteiger partial charge in [-0.3, -0.25) is 4.79 Å². The van der Waals surface area contributed by atoms with Gasteiger partial charge >= 0.3 is 0 Å². The Hall–Kier alpha value is -1.55. The molecule has 0 saturated heterocycles. The summed E-state index contributed by atoms with van der Waals surface area (Å²) in [6.45, 7) is 9.78. The largest absolute Gasteiger partial charge is 0.484 e. The maximum atomic E-state index is 11.6. The summed E-state index contributed by atoms with van der Waals surface area (Å²) in [5.74, 6) is 0.319. The number of halogens is 1. The van der Waals surface area contributed by atoms with E-state index in [1.807, 2.05) is 34.6 Å². The summed E-state index contributed by atoms with van der Waals surface area (Å²) in [4.78, 5) is 11.6. The van der Waals surface area contributed by atoms with Crippen molar-refractivity contribution in [3.63, 3.8) is 0 Å². The van der Waals surface area contributed by atoms with Crippen LogP contribution in [0.1, 0.15) is 33.3 Å². The highest BCUT2D eigenvalue weighted by molar-refractivity contribution is 6.31. The normalized spacial score (nSPS) is 12.2. The van der Waals surface area contributed by atoms with Crippen molar-refractivity contribution < 1.29 is 9.53 Å². The third-order valence-corrected chi connectivity index (χ3v) is 3.36. The SMILES string of the molecule is C/C(=N\NC(=O)COc1ccc(Cl)c(C)c1)C(C)(C)C. The zero-order valence-electron chi connectivity index (χ0n) is 12.6. The van der Waals surface area contributed by atoms with Crippen molar-refractivity contribution >= 4 is 23.2 Å². The third kappa shape index (κ3) is 5.21. The fraction of sp³-hybridized carbons (Fsp3) is 0.467. The quantitative estimate of drug-likeness (QED) is 0.682. The van der Waals surface area contributed by atoms with E-state index in [0.29, 0.717) is 10.8 Å². The lowest BCUT2D eigenvalue weighted by atomic mass is 9.91. The molecule has 0 radical (unpaired) electrons. The predicted octanol–water partition coefficient (Wildman–Crippen LogP) is 3.57. The van der Waals surface area contributed by atoms with Crippen LogP contribution in [0.15, 0.2) is 23.3 Å². The summed E-state index contributed by atoms with van der Waals surface area (Å²) in [6.07, 6.45) is 0. The van der Waals surface area contributed by atoms with Gasteiger partial charge in [-0.05, 0) is 37.6 Å². The van der Waals surface area contributed by atoms with Gasteiger partial charge in [0.25, 0.3) is 5.91 Å². The van der Waals surface area contributed by atoms with E-state index in [-0.39, 0.29) is 17.9 Å². The lowest BCUT2D eigenvalue weighted by Gasteiger charge is -2.17. The Labute approximate surface area is 125 Å². The Kier molecular flexibility index (Phi) is 5.57. The van der Waals surface area contributed by atoms with Gasteiger partial charge in [0.2, 0.25) is 0 Å². The van der Waals surface area contributed by atoms with Crippen LogP contribution in [0.2, 0.25) is 5.02 Å². The summed E-state index contributed by atoms with van der Waals surface area (Å²) in [5, 5.41) is 4.73. The molecule has 1 N–H and O–H groups in total. The molecular formula is C15H21ClN2O2. The third-order valence-electron chi connectivity index (χ3n) is 2.93. The topological polar surface area (TPSA) is 50.7 Å². The van der Waals surface area contributed by atoms with Crippen LogP contribution in [0.25, 0.3) is 0 Å². The van der Waals surface area contributed by atoms with Crippen molar-refractivity contribution in [1.29, 1.82) is 0 Å². The Morgan fingerprint density at radius 1 is 1.40 bits per heavy atom. The number of hydrogen-bond donors (Lipinski definition) is 1. The summed E-state index contributed by atoms with van der Waals surface area (Å²) in [5.41, 5.74) is 4.18. The highest BCUT2D eigenvalue weighted by atomic mass is 35.5. The molecule has 1 aromatic carbocycles. The number of hydrazone groups is 1. The first-order valence-electron chi connectivity index (χ1n) is 6.42. The second-order valence-corrected chi connectivity index (χ2v) is 6.09. The van der Waals surface area contributed by atoms with Gasteiger partial charge < -0.3 is 4.74 Å². The average Bonchev–Trinajstić information content (AvgIpc) is 2.36. The van der Waals surface area contributed by atoms with Gasteiger partial charge in [-0.25, -0.2) is 5.43 Å². The number of carbonyl (C=O) groups is 1. The molecule has 0 bridgehead atoms. The van der Waals surface area contributed by atoms with Gasteiger partial charge in [-0.15, -0.1) is 0 Å². The molecule has 0 aliphatic rings. The molecule has 110 valence electrons. The lowest BCUT2D eigenvalue weighted by Crippen LogP contribution is -2.28. The summed E-state index contributed by atoms with van der Waals surface area (Å²) in [7, 11) is 0.